The van der Waals surface area contributed by atoms with E-state index in [9.17, 15) is 22.0 Å². The first-order valence-electron chi connectivity index (χ1n) is 9.17. The van der Waals surface area contributed by atoms with E-state index in [2.05, 4.69) is 5.10 Å². The van der Waals surface area contributed by atoms with Crippen molar-refractivity contribution >= 4 is 15.9 Å². The summed E-state index contributed by atoms with van der Waals surface area (Å²) in [6.07, 6.45) is 4.44. The van der Waals surface area contributed by atoms with E-state index in [1.165, 1.54) is 0 Å². The number of hydrogen-bond donors (Lipinski definition) is 0. The third kappa shape index (κ3) is 3.30. The number of fused-ring (bicyclic) bond motifs is 1. The lowest BCUT2D eigenvalue weighted by Gasteiger charge is -2.34. The maximum Gasteiger partial charge on any atom is 0.257 e. The molecule has 1 aromatic heterocycles. The first kappa shape index (κ1) is 19.0. The fraction of sp³-hybridized carbons (Fsp3) is 0.444. The fourth-order valence-corrected chi connectivity index (χ4v) is 5.19. The molecule has 1 saturated heterocycles. The van der Waals surface area contributed by atoms with E-state index >= 15 is 0 Å². The van der Waals surface area contributed by atoms with Crippen LogP contribution in [0.3, 0.4) is 0 Å². The Morgan fingerprint density at radius 3 is 2.50 bits per heavy atom. The molecule has 0 aliphatic carbocycles. The Hall–Kier alpha value is -2.33. The van der Waals surface area contributed by atoms with Crippen LogP contribution in [0.25, 0.3) is 0 Å². The van der Waals surface area contributed by atoms with Crippen molar-refractivity contribution in [2.24, 2.45) is 0 Å². The zero-order chi connectivity index (χ0) is 19.9. The molecule has 7 nitrogen and oxygen atoms in total. The normalized spacial score (nSPS) is 18.1. The minimum absolute atomic E-state index is 0.0500. The third-order valence-electron chi connectivity index (χ3n) is 5.25. The highest BCUT2D eigenvalue weighted by Gasteiger charge is 2.33. The van der Waals surface area contributed by atoms with Crippen LogP contribution in [0.2, 0.25) is 0 Å². The lowest BCUT2D eigenvalue weighted by Crippen LogP contribution is -2.50. The topological polar surface area (TPSA) is 75.5 Å². The average molecular weight is 410 g/mol. The lowest BCUT2D eigenvalue weighted by molar-refractivity contribution is 0.0696. The molecule has 2 aliphatic heterocycles. The first-order valence-corrected chi connectivity index (χ1v) is 10.6. The number of aryl methyl sites for hydroxylation is 1. The Bertz CT molecular complexity index is 1010. The SMILES string of the molecule is O=C(c1cnn2c1CCCC2)N1CCN(S(=O)(=O)c2ccc(F)cc2F)CC1. The lowest BCUT2D eigenvalue weighted by atomic mass is 10.1. The van der Waals surface area contributed by atoms with Gasteiger partial charge in [0.2, 0.25) is 10.0 Å². The van der Waals surface area contributed by atoms with Crippen LogP contribution in [0.5, 0.6) is 0 Å². The van der Waals surface area contributed by atoms with E-state index in [4.69, 9.17) is 0 Å². The van der Waals surface area contributed by atoms with Crippen molar-refractivity contribution in [3.8, 4) is 0 Å². The molecule has 0 saturated carbocycles. The monoisotopic (exact) mass is 410 g/mol. The highest BCUT2D eigenvalue weighted by atomic mass is 32.2. The van der Waals surface area contributed by atoms with Crippen LogP contribution in [-0.4, -0.2) is 59.5 Å². The van der Waals surface area contributed by atoms with Gasteiger partial charge in [-0.2, -0.15) is 9.40 Å². The fourth-order valence-electron chi connectivity index (χ4n) is 3.73. The van der Waals surface area contributed by atoms with Crippen molar-refractivity contribution in [2.45, 2.75) is 30.7 Å². The van der Waals surface area contributed by atoms with Crippen LogP contribution in [0, 0.1) is 11.6 Å². The molecule has 0 unspecified atom stereocenters. The van der Waals surface area contributed by atoms with E-state index in [1.54, 1.807) is 11.1 Å². The number of aromatic nitrogens is 2. The molecule has 0 N–H and O–H groups in total. The van der Waals surface area contributed by atoms with Gasteiger partial charge in [0.15, 0.2) is 0 Å². The van der Waals surface area contributed by atoms with Gasteiger partial charge in [0, 0.05) is 38.8 Å². The van der Waals surface area contributed by atoms with Crippen molar-refractivity contribution in [1.82, 2.24) is 19.0 Å². The molecular formula is C18H20F2N4O3S. The number of sulfonamides is 1. The standard InChI is InChI=1S/C18H20F2N4O3S/c19-13-4-5-17(15(20)11-13)28(26,27)23-9-7-22(8-10-23)18(25)14-12-21-24-6-2-1-3-16(14)24/h4-5,11-12H,1-3,6-10H2. The molecule has 0 spiro atoms. The van der Waals surface area contributed by atoms with Gasteiger partial charge in [-0.3, -0.25) is 9.48 Å². The molecule has 2 aromatic rings. The molecule has 10 heteroatoms. The summed E-state index contributed by atoms with van der Waals surface area (Å²) in [6, 6.07) is 2.39. The Kier molecular flexibility index (Phi) is 4.92. The van der Waals surface area contributed by atoms with E-state index in [0.717, 1.165) is 47.9 Å². The first-order chi connectivity index (χ1) is 13.4. The number of hydrogen-bond acceptors (Lipinski definition) is 4. The average Bonchev–Trinajstić information content (AvgIpc) is 3.11. The van der Waals surface area contributed by atoms with Gasteiger partial charge >= 0.3 is 0 Å². The molecule has 150 valence electrons. The molecule has 0 bridgehead atoms. The maximum absolute atomic E-state index is 13.9. The summed E-state index contributed by atoms with van der Waals surface area (Å²) < 4.78 is 55.3. The summed E-state index contributed by atoms with van der Waals surface area (Å²) in [6.45, 7) is 1.30. The van der Waals surface area contributed by atoms with Crippen LogP contribution < -0.4 is 0 Å². The number of rotatable bonds is 3. The van der Waals surface area contributed by atoms with Crippen molar-refractivity contribution < 1.29 is 22.0 Å². The quantitative estimate of drug-likeness (QED) is 0.771. The van der Waals surface area contributed by atoms with Gasteiger partial charge in [-0.25, -0.2) is 17.2 Å². The van der Waals surface area contributed by atoms with E-state index < -0.39 is 26.6 Å². The summed E-state index contributed by atoms with van der Waals surface area (Å²) in [5.74, 6) is -2.12. The molecule has 1 amide bonds. The molecular weight excluding hydrogens is 390 g/mol. The Labute approximate surface area is 161 Å². The number of nitrogens with zero attached hydrogens (tertiary/aromatic N) is 4. The van der Waals surface area contributed by atoms with Gasteiger partial charge in [0.05, 0.1) is 17.5 Å². The molecule has 1 fully saturated rings. The Balaban J connectivity index is 1.47. The van der Waals surface area contributed by atoms with Gasteiger partial charge in [-0.1, -0.05) is 0 Å². The zero-order valence-corrected chi connectivity index (χ0v) is 16.0. The smallest absolute Gasteiger partial charge is 0.257 e. The van der Waals surface area contributed by atoms with Crippen LogP contribution in [-0.2, 0) is 23.0 Å². The number of amides is 1. The van der Waals surface area contributed by atoms with E-state index in [1.807, 2.05) is 4.68 Å². The van der Waals surface area contributed by atoms with Crippen molar-refractivity contribution in [2.75, 3.05) is 26.2 Å². The van der Waals surface area contributed by atoms with Gasteiger partial charge in [-0.15, -0.1) is 0 Å². The van der Waals surface area contributed by atoms with Crippen molar-refractivity contribution in [1.29, 1.82) is 0 Å². The molecule has 0 atom stereocenters. The second kappa shape index (κ2) is 7.25. The van der Waals surface area contributed by atoms with Crippen molar-refractivity contribution in [3.05, 3.63) is 47.3 Å². The minimum atomic E-state index is -4.09. The second-order valence-electron chi connectivity index (χ2n) is 6.96. The Morgan fingerprint density at radius 2 is 1.79 bits per heavy atom. The Morgan fingerprint density at radius 1 is 1.04 bits per heavy atom. The summed E-state index contributed by atoms with van der Waals surface area (Å²) in [5, 5.41) is 4.27. The highest BCUT2D eigenvalue weighted by molar-refractivity contribution is 7.89. The van der Waals surface area contributed by atoms with Gasteiger partial charge in [0.25, 0.3) is 5.91 Å². The predicted molar refractivity (Wildman–Crippen MR) is 96.2 cm³/mol. The molecule has 4 rings (SSSR count). The summed E-state index contributed by atoms with van der Waals surface area (Å²) in [5.41, 5.74) is 1.50. The highest BCUT2D eigenvalue weighted by Crippen LogP contribution is 2.23. The van der Waals surface area contributed by atoms with Gasteiger partial charge < -0.3 is 4.90 Å². The number of carbonyl (C=O) groups is 1. The molecule has 28 heavy (non-hydrogen) atoms. The van der Waals surface area contributed by atoms with Crippen LogP contribution >= 0.6 is 0 Å². The van der Waals surface area contributed by atoms with Gasteiger partial charge in [-0.05, 0) is 31.4 Å². The van der Waals surface area contributed by atoms with E-state index in [0.29, 0.717) is 11.6 Å². The largest absolute Gasteiger partial charge is 0.336 e. The van der Waals surface area contributed by atoms with Crippen LogP contribution in [0.4, 0.5) is 8.78 Å². The van der Waals surface area contributed by atoms with Crippen LogP contribution in [0.15, 0.2) is 29.3 Å². The number of halogens is 2. The van der Waals surface area contributed by atoms with E-state index in [-0.39, 0.29) is 32.1 Å². The number of benzene rings is 1. The number of carbonyl (C=O) groups excluding carboxylic acids is 1. The summed E-state index contributed by atoms with van der Waals surface area (Å²) in [4.78, 5) is 13.9. The van der Waals surface area contributed by atoms with Gasteiger partial charge in [0.1, 0.15) is 16.5 Å². The van der Waals surface area contributed by atoms with Crippen LogP contribution in [0.1, 0.15) is 28.9 Å². The van der Waals surface area contributed by atoms with Crippen molar-refractivity contribution in [3.63, 3.8) is 0 Å². The summed E-state index contributed by atoms with van der Waals surface area (Å²) >= 11 is 0. The third-order valence-corrected chi connectivity index (χ3v) is 7.18. The zero-order valence-electron chi connectivity index (χ0n) is 15.1. The number of piperazine rings is 1. The molecule has 0 radical (unpaired) electrons. The minimum Gasteiger partial charge on any atom is -0.336 e. The predicted octanol–water partition coefficient (Wildman–Crippen LogP) is 1.64. The molecule has 3 heterocycles. The summed E-state index contributed by atoms with van der Waals surface area (Å²) in [7, 11) is -4.09. The molecule has 1 aromatic carbocycles. The molecule has 2 aliphatic rings. The second-order valence-corrected chi connectivity index (χ2v) is 8.86. The maximum atomic E-state index is 13.9.